The fourth-order valence-electron chi connectivity index (χ4n) is 1.81. The van der Waals surface area contributed by atoms with Crippen molar-refractivity contribution in [1.29, 1.82) is 0 Å². The van der Waals surface area contributed by atoms with Crippen LogP contribution in [0, 0.1) is 0 Å². The molecule has 0 unspecified atom stereocenters. The number of aliphatic imine (C=N–C) groups is 1. The van der Waals surface area contributed by atoms with Gasteiger partial charge in [0.15, 0.2) is 5.96 Å². The first-order chi connectivity index (χ1) is 9.50. The Kier molecular flexibility index (Phi) is 18.7. The highest BCUT2D eigenvalue weighted by Gasteiger charge is 1.92. The van der Waals surface area contributed by atoms with E-state index in [0.717, 1.165) is 19.9 Å². The summed E-state index contributed by atoms with van der Waals surface area (Å²) in [5, 5.41) is 7.42. The van der Waals surface area contributed by atoms with Crippen LogP contribution in [0.2, 0.25) is 0 Å². The second-order valence-electron chi connectivity index (χ2n) is 5.01. The van der Waals surface area contributed by atoms with Gasteiger partial charge in [-0.3, -0.25) is 9.79 Å². The van der Waals surface area contributed by atoms with E-state index in [2.05, 4.69) is 11.9 Å². The van der Waals surface area contributed by atoms with Crippen molar-refractivity contribution in [1.82, 2.24) is 0 Å². The molecular weight excluding hydrogens is 254 g/mol. The maximum absolute atomic E-state index is 9.00. The molecule has 20 heavy (non-hydrogen) atoms. The summed E-state index contributed by atoms with van der Waals surface area (Å²) < 4.78 is 0. The second-order valence-corrected chi connectivity index (χ2v) is 5.01. The van der Waals surface area contributed by atoms with E-state index in [1.54, 1.807) is 0 Å². The van der Waals surface area contributed by atoms with Crippen LogP contribution in [0.4, 0.5) is 0 Å². The molecule has 0 aliphatic rings. The molecule has 0 rings (SSSR count). The molecule has 0 saturated carbocycles. The van der Waals surface area contributed by atoms with Crippen molar-refractivity contribution in [3.8, 4) is 0 Å². The highest BCUT2D eigenvalue weighted by atomic mass is 16.4. The van der Waals surface area contributed by atoms with Crippen molar-refractivity contribution in [2.75, 3.05) is 6.54 Å². The molecule has 0 aromatic rings. The third-order valence-electron chi connectivity index (χ3n) is 2.81. The maximum atomic E-state index is 9.00. The predicted octanol–water partition coefficient (Wildman–Crippen LogP) is 3.27. The van der Waals surface area contributed by atoms with E-state index >= 15 is 0 Å². The van der Waals surface area contributed by atoms with Gasteiger partial charge in [-0.2, -0.15) is 0 Å². The van der Waals surface area contributed by atoms with Crippen molar-refractivity contribution in [3.05, 3.63) is 0 Å². The summed E-state index contributed by atoms with van der Waals surface area (Å²) in [5.74, 6) is -0.615. The Morgan fingerprint density at radius 3 is 1.60 bits per heavy atom. The van der Waals surface area contributed by atoms with E-state index in [9.17, 15) is 0 Å². The molecule has 0 atom stereocenters. The number of aliphatic carboxylic acids is 1. The number of hydrogen-bond acceptors (Lipinski definition) is 2. The lowest BCUT2D eigenvalue weighted by atomic mass is 10.1. The summed E-state index contributed by atoms with van der Waals surface area (Å²) in [6.07, 6.45) is 13.5. The van der Waals surface area contributed by atoms with Crippen molar-refractivity contribution >= 4 is 11.9 Å². The summed E-state index contributed by atoms with van der Waals surface area (Å²) in [6.45, 7) is 4.13. The fourth-order valence-corrected chi connectivity index (χ4v) is 1.81. The molecule has 5 heteroatoms. The number of guanidine groups is 1. The number of nitrogens with two attached hydrogens (primary N) is 2. The Labute approximate surface area is 123 Å². The Morgan fingerprint density at radius 2 is 1.25 bits per heavy atom. The van der Waals surface area contributed by atoms with Crippen molar-refractivity contribution < 1.29 is 9.90 Å². The lowest BCUT2D eigenvalue weighted by molar-refractivity contribution is -0.134. The molecule has 0 aliphatic carbocycles. The average Bonchev–Trinajstić information content (AvgIpc) is 2.35. The first kappa shape index (κ1) is 21.0. The number of hydrogen-bond donors (Lipinski definition) is 3. The van der Waals surface area contributed by atoms with Crippen LogP contribution in [0.5, 0.6) is 0 Å². The standard InChI is InChI=1S/C13H29N3.C2H4O2/c1-2-3-4-5-6-7-8-9-10-11-12-16-13(14)15;1-2(3)4/h2-12H2,1H3,(H4,14,15,16);1H3,(H,3,4). The molecule has 0 aromatic heterocycles. The molecule has 0 radical (unpaired) electrons. The van der Waals surface area contributed by atoms with Gasteiger partial charge >= 0.3 is 0 Å². The third-order valence-corrected chi connectivity index (χ3v) is 2.81. The number of nitrogens with zero attached hydrogens (tertiary/aromatic N) is 1. The number of carboxylic acid groups (broad SMARTS) is 1. The van der Waals surface area contributed by atoms with E-state index in [4.69, 9.17) is 21.4 Å². The Morgan fingerprint density at radius 1 is 0.900 bits per heavy atom. The normalized spacial score (nSPS) is 9.50. The smallest absolute Gasteiger partial charge is 0.300 e. The summed E-state index contributed by atoms with van der Waals surface area (Å²) in [4.78, 5) is 13.0. The van der Waals surface area contributed by atoms with E-state index in [-0.39, 0.29) is 5.96 Å². The topological polar surface area (TPSA) is 102 Å². The first-order valence-corrected chi connectivity index (χ1v) is 7.75. The minimum Gasteiger partial charge on any atom is -0.481 e. The van der Waals surface area contributed by atoms with Crippen LogP contribution in [0.15, 0.2) is 4.99 Å². The third kappa shape index (κ3) is 30.1. The number of unbranched alkanes of at least 4 members (excludes halogenated alkanes) is 9. The largest absolute Gasteiger partial charge is 0.481 e. The zero-order chi connectivity index (χ0) is 15.6. The number of carboxylic acids is 1. The summed E-state index contributed by atoms with van der Waals surface area (Å²) in [5.41, 5.74) is 10.5. The molecular formula is C15H33N3O2. The van der Waals surface area contributed by atoms with Crippen LogP contribution in [0.3, 0.4) is 0 Å². The van der Waals surface area contributed by atoms with Gasteiger partial charge in [-0.05, 0) is 6.42 Å². The van der Waals surface area contributed by atoms with E-state index in [1.165, 1.54) is 57.8 Å². The summed E-state index contributed by atoms with van der Waals surface area (Å²) in [6, 6.07) is 0. The predicted molar refractivity (Wildman–Crippen MR) is 85.8 cm³/mol. The van der Waals surface area contributed by atoms with Crippen LogP contribution >= 0.6 is 0 Å². The minimum absolute atomic E-state index is 0.218. The molecule has 0 fully saturated rings. The maximum Gasteiger partial charge on any atom is 0.300 e. The van der Waals surface area contributed by atoms with E-state index in [1.807, 2.05) is 0 Å². The molecule has 5 N–H and O–H groups in total. The quantitative estimate of drug-likeness (QED) is 0.308. The van der Waals surface area contributed by atoms with E-state index in [0.29, 0.717) is 0 Å². The van der Waals surface area contributed by atoms with E-state index < -0.39 is 5.97 Å². The molecule has 0 spiro atoms. The molecule has 5 nitrogen and oxygen atoms in total. The highest BCUT2D eigenvalue weighted by molar-refractivity contribution is 5.75. The van der Waals surface area contributed by atoms with Gasteiger partial charge in [0.2, 0.25) is 0 Å². The lowest BCUT2D eigenvalue weighted by Gasteiger charge is -2.01. The Bertz CT molecular complexity index is 235. The van der Waals surface area contributed by atoms with Crippen LogP contribution in [-0.4, -0.2) is 23.6 Å². The second kappa shape index (κ2) is 17.7. The zero-order valence-corrected chi connectivity index (χ0v) is 13.2. The molecule has 0 aliphatic heterocycles. The monoisotopic (exact) mass is 287 g/mol. The molecule has 0 amide bonds. The molecule has 0 saturated heterocycles. The van der Waals surface area contributed by atoms with Crippen molar-refractivity contribution in [2.45, 2.75) is 78.1 Å². The number of carbonyl (C=O) groups is 1. The van der Waals surface area contributed by atoms with Crippen LogP contribution in [-0.2, 0) is 4.79 Å². The Hall–Kier alpha value is -1.26. The van der Waals surface area contributed by atoms with Gasteiger partial charge < -0.3 is 16.6 Å². The molecule has 0 aromatic carbocycles. The van der Waals surface area contributed by atoms with Crippen LogP contribution in [0.25, 0.3) is 0 Å². The molecule has 0 bridgehead atoms. The first-order valence-electron chi connectivity index (χ1n) is 7.75. The van der Waals surface area contributed by atoms with Gasteiger partial charge in [0, 0.05) is 13.5 Å². The van der Waals surface area contributed by atoms with Gasteiger partial charge in [0.05, 0.1) is 0 Å². The zero-order valence-electron chi connectivity index (χ0n) is 13.2. The van der Waals surface area contributed by atoms with Crippen LogP contribution in [0.1, 0.15) is 78.1 Å². The van der Waals surface area contributed by atoms with Crippen molar-refractivity contribution in [2.24, 2.45) is 16.5 Å². The fraction of sp³-hybridized carbons (Fsp3) is 0.867. The van der Waals surface area contributed by atoms with Crippen molar-refractivity contribution in [3.63, 3.8) is 0 Å². The SMILES string of the molecule is CC(=O)O.CCCCCCCCCCCCN=C(N)N. The van der Waals surface area contributed by atoms with Crippen LogP contribution < -0.4 is 11.5 Å². The van der Waals surface area contributed by atoms with Gasteiger partial charge in [-0.1, -0.05) is 64.7 Å². The van der Waals surface area contributed by atoms with Gasteiger partial charge in [0.25, 0.3) is 5.97 Å². The molecule has 120 valence electrons. The average molecular weight is 287 g/mol. The minimum atomic E-state index is -0.833. The van der Waals surface area contributed by atoms with Gasteiger partial charge in [-0.15, -0.1) is 0 Å². The summed E-state index contributed by atoms with van der Waals surface area (Å²) in [7, 11) is 0. The molecule has 0 heterocycles. The summed E-state index contributed by atoms with van der Waals surface area (Å²) >= 11 is 0. The number of rotatable bonds is 11. The lowest BCUT2D eigenvalue weighted by Crippen LogP contribution is -2.22. The highest BCUT2D eigenvalue weighted by Crippen LogP contribution is 2.10. The van der Waals surface area contributed by atoms with Gasteiger partial charge in [-0.25, -0.2) is 0 Å². The Balaban J connectivity index is 0. The van der Waals surface area contributed by atoms with Gasteiger partial charge in [0.1, 0.15) is 0 Å².